The molecule has 0 unspecified atom stereocenters. The number of amides is 1. The van der Waals surface area contributed by atoms with Crippen molar-refractivity contribution < 1.29 is 17.9 Å². The number of benzene rings is 2. The first kappa shape index (κ1) is 22.9. The van der Waals surface area contributed by atoms with Crippen LogP contribution in [0.15, 0.2) is 59.0 Å². The van der Waals surface area contributed by atoms with E-state index in [2.05, 4.69) is 11.4 Å². The van der Waals surface area contributed by atoms with Crippen LogP contribution < -0.4 is 14.4 Å². The van der Waals surface area contributed by atoms with Gasteiger partial charge in [-0.2, -0.15) is 0 Å². The van der Waals surface area contributed by atoms with Crippen molar-refractivity contribution in [3.05, 3.63) is 65.2 Å². The SMILES string of the molecule is COc1ccccc1N(C)S(=O)(=O)c1ccc(C)c(C(=O)NCCC2=CCCCC2)c1. The Bertz CT molecular complexity index is 1080. The van der Waals surface area contributed by atoms with Gasteiger partial charge in [0.15, 0.2) is 0 Å². The number of carbonyl (C=O) groups is 1. The van der Waals surface area contributed by atoms with Gasteiger partial charge in [0.25, 0.3) is 15.9 Å². The highest BCUT2D eigenvalue weighted by Gasteiger charge is 2.25. The highest BCUT2D eigenvalue weighted by molar-refractivity contribution is 7.92. The Morgan fingerprint density at radius 1 is 1.16 bits per heavy atom. The second-order valence-electron chi connectivity index (χ2n) is 7.74. The van der Waals surface area contributed by atoms with E-state index in [0.717, 1.165) is 24.8 Å². The molecule has 7 heteroatoms. The fourth-order valence-corrected chi connectivity index (χ4v) is 4.98. The molecule has 0 saturated heterocycles. The minimum Gasteiger partial charge on any atom is -0.495 e. The summed E-state index contributed by atoms with van der Waals surface area (Å²) in [7, 11) is -0.897. The first-order valence-electron chi connectivity index (χ1n) is 10.5. The minimum absolute atomic E-state index is 0.0617. The maximum atomic E-state index is 13.2. The first-order valence-corrected chi connectivity index (χ1v) is 12.0. The number of ether oxygens (including phenoxy) is 1. The van der Waals surface area contributed by atoms with Crippen LogP contribution >= 0.6 is 0 Å². The van der Waals surface area contributed by atoms with Gasteiger partial charge in [0.1, 0.15) is 5.75 Å². The zero-order valence-electron chi connectivity index (χ0n) is 18.3. The number of anilines is 1. The number of nitrogens with one attached hydrogen (secondary N) is 1. The van der Waals surface area contributed by atoms with Crippen molar-refractivity contribution >= 4 is 21.6 Å². The highest BCUT2D eigenvalue weighted by atomic mass is 32.2. The minimum atomic E-state index is -3.87. The molecule has 0 atom stereocenters. The highest BCUT2D eigenvalue weighted by Crippen LogP contribution is 2.31. The van der Waals surface area contributed by atoms with Crippen LogP contribution in [0.2, 0.25) is 0 Å². The quantitative estimate of drug-likeness (QED) is 0.613. The Morgan fingerprint density at radius 3 is 2.65 bits per heavy atom. The molecule has 0 saturated carbocycles. The molecule has 2 aromatic rings. The number of para-hydroxylation sites is 2. The lowest BCUT2D eigenvalue weighted by atomic mass is 9.97. The number of sulfonamides is 1. The Kier molecular flexibility index (Phi) is 7.38. The van der Waals surface area contributed by atoms with Gasteiger partial charge < -0.3 is 10.1 Å². The van der Waals surface area contributed by atoms with Gasteiger partial charge in [-0.15, -0.1) is 0 Å². The van der Waals surface area contributed by atoms with E-state index in [4.69, 9.17) is 4.74 Å². The van der Waals surface area contributed by atoms with Crippen LogP contribution in [-0.4, -0.2) is 35.0 Å². The Hall–Kier alpha value is -2.80. The molecule has 0 fully saturated rings. The number of hydrogen-bond acceptors (Lipinski definition) is 4. The summed E-state index contributed by atoms with van der Waals surface area (Å²) < 4.78 is 32.9. The van der Waals surface area contributed by atoms with E-state index < -0.39 is 10.0 Å². The van der Waals surface area contributed by atoms with Crippen molar-refractivity contribution in [2.24, 2.45) is 0 Å². The van der Waals surface area contributed by atoms with Gasteiger partial charge >= 0.3 is 0 Å². The molecule has 166 valence electrons. The van der Waals surface area contributed by atoms with E-state index in [1.54, 1.807) is 37.3 Å². The Balaban J connectivity index is 1.78. The van der Waals surface area contributed by atoms with E-state index in [1.165, 1.54) is 49.0 Å². The van der Waals surface area contributed by atoms with Crippen LogP contribution in [0.4, 0.5) is 5.69 Å². The molecule has 0 radical (unpaired) electrons. The molecule has 1 N–H and O–H groups in total. The van der Waals surface area contributed by atoms with Gasteiger partial charge in [-0.25, -0.2) is 8.42 Å². The number of methoxy groups -OCH3 is 1. The van der Waals surface area contributed by atoms with Crippen LogP contribution in [-0.2, 0) is 10.0 Å². The normalized spacial score (nSPS) is 14.0. The molecule has 6 nitrogen and oxygen atoms in total. The van der Waals surface area contributed by atoms with Crippen LogP contribution in [0.1, 0.15) is 48.0 Å². The topological polar surface area (TPSA) is 75.7 Å². The van der Waals surface area contributed by atoms with Crippen LogP contribution in [0, 0.1) is 6.92 Å². The average molecular weight is 443 g/mol. The summed E-state index contributed by atoms with van der Waals surface area (Å²) in [5.74, 6) is 0.196. The van der Waals surface area contributed by atoms with Crippen LogP contribution in [0.25, 0.3) is 0 Å². The van der Waals surface area contributed by atoms with Gasteiger partial charge in [0.05, 0.1) is 17.7 Å². The molecule has 1 amide bonds. The molecule has 3 rings (SSSR count). The fraction of sp³-hybridized carbons (Fsp3) is 0.375. The van der Waals surface area contributed by atoms with Gasteiger partial charge in [0, 0.05) is 19.2 Å². The molecule has 0 spiro atoms. The number of rotatable bonds is 8. The molecule has 31 heavy (non-hydrogen) atoms. The van der Waals surface area contributed by atoms with Crippen molar-refractivity contribution in [2.75, 3.05) is 25.0 Å². The predicted octanol–water partition coefficient (Wildman–Crippen LogP) is 4.45. The Morgan fingerprint density at radius 2 is 1.94 bits per heavy atom. The third-order valence-corrected chi connectivity index (χ3v) is 7.42. The summed E-state index contributed by atoms with van der Waals surface area (Å²) in [6.07, 6.45) is 7.75. The lowest BCUT2D eigenvalue weighted by molar-refractivity contribution is 0.0953. The lowest BCUT2D eigenvalue weighted by Crippen LogP contribution is -2.28. The van der Waals surface area contributed by atoms with Crippen molar-refractivity contribution in [1.82, 2.24) is 5.32 Å². The number of carbonyl (C=O) groups excluding carboxylic acids is 1. The molecular formula is C24H30N2O4S. The van der Waals surface area contributed by atoms with E-state index in [1.807, 2.05) is 0 Å². The summed E-state index contributed by atoms with van der Waals surface area (Å²) in [6, 6.07) is 11.6. The third-order valence-electron chi connectivity index (χ3n) is 5.65. The number of nitrogens with zero attached hydrogens (tertiary/aromatic N) is 1. The zero-order valence-corrected chi connectivity index (χ0v) is 19.2. The van der Waals surface area contributed by atoms with Gasteiger partial charge in [-0.05, 0) is 68.9 Å². The molecule has 2 aromatic carbocycles. The number of hydrogen-bond donors (Lipinski definition) is 1. The zero-order chi connectivity index (χ0) is 22.4. The van der Waals surface area contributed by atoms with Gasteiger partial charge in [-0.1, -0.05) is 29.8 Å². The monoisotopic (exact) mass is 442 g/mol. The summed E-state index contributed by atoms with van der Waals surface area (Å²) in [5.41, 5.74) is 2.91. The fourth-order valence-electron chi connectivity index (χ4n) is 3.75. The van der Waals surface area contributed by atoms with Crippen molar-refractivity contribution in [3.63, 3.8) is 0 Å². The second-order valence-corrected chi connectivity index (χ2v) is 9.70. The molecule has 1 aliphatic rings. The van der Waals surface area contributed by atoms with Crippen LogP contribution in [0.5, 0.6) is 5.75 Å². The number of allylic oxidation sites excluding steroid dienone is 1. The second kappa shape index (κ2) is 10.0. The summed E-state index contributed by atoms with van der Waals surface area (Å²) in [4.78, 5) is 12.8. The first-order chi connectivity index (χ1) is 14.8. The summed E-state index contributed by atoms with van der Waals surface area (Å²) in [6.45, 7) is 2.35. The molecule has 1 aliphatic carbocycles. The van der Waals surface area contributed by atoms with Crippen molar-refractivity contribution in [3.8, 4) is 5.75 Å². The maximum absolute atomic E-state index is 13.2. The number of aryl methyl sites for hydroxylation is 1. The smallest absolute Gasteiger partial charge is 0.264 e. The lowest BCUT2D eigenvalue weighted by Gasteiger charge is -2.22. The summed E-state index contributed by atoms with van der Waals surface area (Å²) in [5, 5.41) is 2.94. The third kappa shape index (κ3) is 5.28. The molecular weight excluding hydrogens is 412 g/mol. The van der Waals surface area contributed by atoms with Crippen molar-refractivity contribution in [1.29, 1.82) is 0 Å². The van der Waals surface area contributed by atoms with Gasteiger partial charge in [0.2, 0.25) is 0 Å². The van der Waals surface area contributed by atoms with E-state index in [-0.39, 0.29) is 10.8 Å². The largest absolute Gasteiger partial charge is 0.495 e. The van der Waals surface area contributed by atoms with E-state index in [0.29, 0.717) is 23.5 Å². The average Bonchev–Trinajstić information content (AvgIpc) is 2.79. The maximum Gasteiger partial charge on any atom is 0.264 e. The molecule has 0 heterocycles. The summed E-state index contributed by atoms with van der Waals surface area (Å²) >= 11 is 0. The Labute approximate surface area is 185 Å². The van der Waals surface area contributed by atoms with Gasteiger partial charge in [-0.3, -0.25) is 9.10 Å². The molecule has 0 aliphatic heterocycles. The van der Waals surface area contributed by atoms with Crippen LogP contribution in [0.3, 0.4) is 0 Å². The van der Waals surface area contributed by atoms with E-state index in [9.17, 15) is 13.2 Å². The molecule has 0 bridgehead atoms. The van der Waals surface area contributed by atoms with E-state index >= 15 is 0 Å². The predicted molar refractivity (Wildman–Crippen MR) is 123 cm³/mol. The standard InChI is InChI=1S/C24H30N2O4S/c1-18-13-14-20(31(28,29)26(2)22-11-7-8-12-23(22)30-3)17-21(18)24(27)25-16-15-19-9-5-4-6-10-19/h7-9,11-14,17H,4-6,10,15-16H2,1-3H3,(H,25,27). The molecule has 0 aromatic heterocycles. The van der Waals surface area contributed by atoms with Crippen molar-refractivity contribution in [2.45, 2.75) is 43.9 Å².